The molecule has 0 unspecified atom stereocenters. The number of allylic oxidation sites excluding steroid dienone is 2. The van der Waals surface area contributed by atoms with E-state index < -0.39 is 29.6 Å². The van der Waals surface area contributed by atoms with Gasteiger partial charge >= 0.3 is 5.97 Å². The number of carbonyl (C=O) groups is 5. The Morgan fingerprint density at radius 3 is 1.79 bits per heavy atom. The second-order valence-corrected chi connectivity index (χ2v) is 15.0. The fourth-order valence-electron chi connectivity index (χ4n) is 7.71. The predicted octanol–water partition coefficient (Wildman–Crippen LogP) is 4.76. The van der Waals surface area contributed by atoms with Crippen molar-refractivity contribution in [2.45, 2.75) is 79.2 Å². The number of ether oxygens (including phenoxy) is 2. The third kappa shape index (κ3) is 8.05. The van der Waals surface area contributed by atoms with Gasteiger partial charge in [0, 0.05) is 49.8 Å². The first-order valence-corrected chi connectivity index (χ1v) is 20.1. The largest absolute Gasteiger partial charge is 0.491 e. The van der Waals surface area contributed by atoms with Crippen molar-refractivity contribution in [3.05, 3.63) is 82.5 Å². The molecule has 1 aliphatic carbocycles. The lowest BCUT2D eigenvalue weighted by Gasteiger charge is -2.32. The van der Waals surface area contributed by atoms with E-state index in [1.807, 2.05) is 32.9 Å². The SMILES string of the molecule is CCn1nc(C)cc1C(=O)Nc1nc2cc(C=O)cc3c2n1C/C=C/Cn1c(NC(=O)c2cc(C)nn2CC)nc2cc(C(=O)NC4CC(C(=O)O)C4)cc(c21)OCCCO3. The lowest BCUT2D eigenvalue weighted by atomic mass is 9.80. The van der Waals surface area contributed by atoms with E-state index in [-0.39, 0.29) is 49.8 Å². The maximum atomic E-state index is 13.8. The molecule has 0 radical (unpaired) electrons. The van der Waals surface area contributed by atoms with Crippen LogP contribution in [0.5, 0.6) is 11.5 Å². The minimum atomic E-state index is -0.891. The van der Waals surface area contributed by atoms with Crippen LogP contribution in [0.15, 0.2) is 48.6 Å². The number of benzene rings is 2. The van der Waals surface area contributed by atoms with Crippen molar-refractivity contribution in [3.63, 3.8) is 0 Å². The van der Waals surface area contributed by atoms with E-state index in [2.05, 4.69) is 26.1 Å². The molecule has 1 saturated carbocycles. The van der Waals surface area contributed by atoms with Crippen LogP contribution in [0.2, 0.25) is 0 Å². The minimum absolute atomic E-state index is 0.141. The number of aliphatic carboxylic acids is 1. The molecule has 316 valence electrons. The fraction of sp³-hybridized carbons (Fsp3) is 0.357. The number of carboxylic acid groups (broad SMARTS) is 1. The minimum Gasteiger partial charge on any atom is -0.491 e. The van der Waals surface area contributed by atoms with Crippen LogP contribution in [0.1, 0.15) is 86.2 Å². The third-order valence-electron chi connectivity index (χ3n) is 10.7. The number of aromatic nitrogens is 8. The Labute approximate surface area is 348 Å². The third-order valence-corrected chi connectivity index (χ3v) is 10.7. The van der Waals surface area contributed by atoms with Crippen molar-refractivity contribution in [2.75, 3.05) is 23.8 Å². The number of hydrogen-bond donors (Lipinski definition) is 4. The smallest absolute Gasteiger partial charge is 0.306 e. The summed E-state index contributed by atoms with van der Waals surface area (Å²) in [6.45, 7) is 9.04. The van der Waals surface area contributed by atoms with E-state index in [4.69, 9.17) is 19.4 Å². The quantitative estimate of drug-likeness (QED) is 0.108. The number of imidazole rings is 2. The molecule has 3 amide bonds. The maximum absolute atomic E-state index is 13.8. The van der Waals surface area contributed by atoms with E-state index in [1.165, 1.54) is 0 Å². The van der Waals surface area contributed by atoms with Crippen LogP contribution in [-0.4, -0.2) is 93.0 Å². The number of nitrogens with zero attached hydrogens (tertiary/aromatic N) is 8. The van der Waals surface area contributed by atoms with Crippen LogP contribution >= 0.6 is 0 Å². The zero-order valence-corrected chi connectivity index (χ0v) is 34.1. The molecular weight excluding hydrogens is 787 g/mol. The Morgan fingerprint density at radius 2 is 1.28 bits per heavy atom. The van der Waals surface area contributed by atoms with Crippen LogP contribution < -0.4 is 25.4 Å². The number of hydrogen-bond acceptors (Lipinski definition) is 11. The number of carbonyl (C=O) groups excluding carboxylic acids is 4. The van der Waals surface area contributed by atoms with Crippen molar-refractivity contribution in [2.24, 2.45) is 5.92 Å². The summed E-state index contributed by atoms with van der Waals surface area (Å²) in [6, 6.07) is 9.59. The van der Waals surface area contributed by atoms with Gasteiger partial charge in [-0.15, -0.1) is 0 Å². The summed E-state index contributed by atoms with van der Waals surface area (Å²) < 4.78 is 19.5. The van der Waals surface area contributed by atoms with Crippen molar-refractivity contribution >= 4 is 63.9 Å². The summed E-state index contributed by atoms with van der Waals surface area (Å²) in [5.41, 5.74) is 4.55. The highest BCUT2D eigenvalue weighted by atomic mass is 16.5. The van der Waals surface area contributed by atoms with Crippen molar-refractivity contribution in [1.29, 1.82) is 0 Å². The Bertz CT molecular complexity index is 2750. The van der Waals surface area contributed by atoms with Gasteiger partial charge in [-0.25, -0.2) is 9.97 Å². The monoisotopic (exact) mass is 831 g/mol. The van der Waals surface area contributed by atoms with Crippen LogP contribution in [0.25, 0.3) is 22.1 Å². The van der Waals surface area contributed by atoms with Gasteiger partial charge in [-0.3, -0.25) is 44.0 Å². The summed E-state index contributed by atoms with van der Waals surface area (Å²) in [7, 11) is 0. The summed E-state index contributed by atoms with van der Waals surface area (Å²) in [5, 5.41) is 27.0. The molecule has 0 saturated heterocycles. The van der Waals surface area contributed by atoms with Gasteiger partial charge in [0.2, 0.25) is 11.9 Å². The number of amides is 3. The number of aldehydes is 1. The zero-order valence-electron chi connectivity index (χ0n) is 34.1. The van der Waals surface area contributed by atoms with E-state index >= 15 is 0 Å². The molecule has 61 heavy (non-hydrogen) atoms. The molecule has 0 spiro atoms. The Kier molecular flexibility index (Phi) is 11.1. The van der Waals surface area contributed by atoms with Crippen molar-refractivity contribution in [3.8, 4) is 11.5 Å². The fourth-order valence-corrected chi connectivity index (χ4v) is 7.71. The second kappa shape index (κ2) is 16.7. The maximum Gasteiger partial charge on any atom is 0.306 e. The Balaban J connectivity index is 1.18. The molecule has 1 aliphatic heterocycles. The van der Waals surface area contributed by atoms with Crippen LogP contribution in [0.3, 0.4) is 0 Å². The normalized spacial score (nSPS) is 17.0. The van der Waals surface area contributed by atoms with Crippen LogP contribution in [0.4, 0.5) is 11.9 Å². The number of rotatable bonds is 10. The Morgan fingerprint density at radius 1 is 0.754 bits per heavy atom. The molecule has 4 aromatic heterocycles. The zero-order chi connectivity index (χ0) is 42.9. The van der Waals surface area contributed by atoms with E-state index in [0.717, 1.165) is 0 Å². The second-order valence-electron chi connectivity index (χ2n) is 15.0. The first-order chi connectivity index (χ1) is 29.4. The van der Waals surface area contributed by atoms with Crippen LogP contribution in [0, 0.1) is 19.8 Å². The van der Waals surface area contributed by atoms with E-state index in [9.17, 15) is 29.1 Å². The van der Waals surface area contributed by atoms with Gasteiger partial charge in [0.15, 0.2) is 0 Å². The average Bonchev–Trinajstić information content (AvgIpc) is 3.98. The Hall–Kier alpha value is -7.31. The van der Waals surface area contributed by atoms with Gasteiger partial charge in [-0.05, 0) is 76.9 Å². The molecule has 4 N–H and O–H groups in total. The number of carboxylic acids is 1. The average molecular weight is 832 g/mol. The first-order valence-electron chi connectivity index (χ1n) is 20.1. The standard InChI is InChI=1S/C42H45N11O8/c1-5-52-31(14-23(3)48-52)38(56)46-41-44-29-16-25(22-54)17-33-35(29)50(41)10-7-8-11-51-36-30(45-42(51)47-39(57)32-15-24(4)49-53(32)6-2)20-26(21-34(36)61-13-9-12-60-33)37(55)43-28-18-27(19-28)40(58)59/h7-8,14-17,20-22,27-28H,5-6,9-13,18-19H2,1-4H3,(H,43,55)(H,58,59)(H,44,46,56)(H,45,47,57)/b8-7+. The van der Waals surface area contributed by atoms with Gasteiger partial charge in [0.05, 0.1) is 41.6 Å². The van der Waals surface area contributed by atoms with Gasteiger partial charge < -0.3 is 29.0 Å². The highest BCUT2D eigenvalue weighted by molar-refractivity contribution is 6.05. The lowest BCUT2D eigenvalue weighted by molar-refractivity contribution is -0.145. The van der Waals surface area contributed by atoms with E-state index in [1.54, 1.807) is 61.8 Å². The molecule has 6 aromatic rings. The molecule has 19 nitrogen and oxygen atoms in total. The molecule has 0 atom stereocenters. The van der Waals surface area contributed by atoms with Crippen molar-refractivity contribution in [1.82, 2.24) is 44.0 Å². The highest BCUT2D eigenvalue weighted by Gasteiger charge is 2.35. The summed E-state index contributed by atoms with van der Waals surface area (Å²) >= 11 is 0. The summed E-state index contributed by atoms with van der Waals surface area (Å²) in [6.07, 6.45) is 5.47. The molecule has 0 bridgehead atoms. The summed E-state index contributed by atoms with van der Waals surface area (Å²) in [5.74, 6) is -1.52. The topological polar surface area (TPSA) is 231 Å². The predicted molar refractivity (Wildman–Crippen MR) is 222 cm³/mol. The number of nitrogens with one attached hydrogen (secondary N) is 3. The molecule has 5 heterocycles. The van der Waals surface area contributed by atoms with Gasteiger partial charge in [0.1, 0.15) is 40.2 Å². The molecule has 8 rings (SSSR count). The molecule has 1 fully saturated rings. The van der Waals surface area contributed by atoms with Gasteiger partial charge in [0.25, 0.3) is 17.7 Å². The molecule has 2 aromatic carbocycles. The number of anilines is 2. The highest BCUT2D eigenvalue weighted by Crippen LogP contribution is 2.34. The first kappa shape index (κ1) is 40.5. The summed E-state index contributed by atoms with van der Waals surface area (Å²) in [4.78, 5) is 74.1. The molecule has 2 aliphatic rings. The molecule has 19 heteroatoms. The lowest BCUT2D eigenvalue weighted by Crippen LogP contribution is -2.46. The molecular formula is C42H45N11O8. The van der Waals surface area contributed by atoms with Gasteiger partial charge in [-0.1, -0.05) is 12.2 Å². The van der Waals surface area contributed by atoms with Gasteiger partial charge in [-0.2, -0.15) is 10.2 Å². The van der Waals surface area contributed by atoms with E-state index in [0.29, 0.717) is 101 Å². The number of aryl methyl sites for hydroxylation is 4. The van der Waals surface area contributed by atoms with Crippen molar-refractivity contribution < 1.29 is 38.6 Å². The van der Waals surface area contributed by atoms with Crippen LogP contribution in [-0.2, 0) is 31.0 Å².